The first-order valence-corrected chi connectivity index (χ1v) is 12.6. The average Bonchev–Trinajstić information content (AvgIpc) is 3.20. The molecular weight excluding hydrogens is 544 g/mol. The Labute approximate surface area is 224 Å². The number of carbonyl (C=O) groups excluding carboxylic acids is 2. The van der Waals surface area contributed by atoms with E-state index >= 15 is 0 Å². The number of benzene rings is 2. The van der Waals surface area contributed by atoms with Gasteiger partial charge in [-0.25, -0.2) is 10.3 Å². The highest BCUT2D eigenvalue weighted by Crippen LogP contribution is 2.34. The lowest BCUT2D eigenvalue weighted by molar-refractivity contribution is -0.757. The van der Waals surface area contributed by atoms with E-state index < -0.39 is 22.4 Å². The maximum absolute atomic E-state index is 13.5. The van der Waals surface area contributed by atoms with Crippen molar-refractivity contribution in [1.29, 1.82) is 0 Å². The summed E-state index contributed by atoms with van der Waals surface area (Å²) in [7, 11) is 1.47. The molecule has 0 aliphatic heterocycles. The number of ketones is 1. The van der Waals surface area contributed by atoms with Crippen LogP contribution in [0.25, 0.3) is 10.9 Å². The number of hydrogen-bond acceptors (Lipinski definition) is 9. The number of fused-ring (bicyclic) bond motifs is 1. The lowest BCUT2D eigenvalue weighted by atomic mass is 9.95. The van der Waals surface area contributed by atoms with Gasteiger partial charge in [-0.2, -0.15) is 0 Å². The fourth-order valence-corrected chi connectivity index (χ4v) is 4.40. The van der Waals surface area contributed by atoms with E-state index in [1.807, 2.05) is 12.4 Å². The fourth-order valence-electron chi connectivity index (χ4n) is 3.83. The zero-order valence-electron chi connectivity index (χ0n) is 20.4. The van der Waals surface area contributed by atoms with Gasteiger partial charge in [-0.1, -0.05) is 11.6 Å². The summed E-state index contributed by atoms with van der Waals surface area (Å²) in [6.45, 7) is 1.03. The summed E-state index contributed by atoms with van der Waals surface area (Å²) in [5.74, 6) is 0.106. The summed E-state index contributed by atoms with van der Waals surface area (Å²) in [6.07, 6.45) is 0.153. The Kier molecular flexibility index (Phi) is 10.0. The highest BCUT2D eigenvalue weighted by atomic mass is 35.5. The summed E-state index contributed by atoms with van der Waals surface area (Å²) in [5.41, 5.74) is 5.01. The lowest BCUT2D eigenvalue weighted by Gasteiger charge is -2.23. The number of hydroxylamine groups is 1. The van der Waals surface area contributed by atoms with Crippen LogP contribution in [0.2, 0.25) is 5.02 Å². The molecule has 0 aliphatic rings. The molecule has 0 saturated carbocycles. The van der Waals surface area contributed by atoms with E-state index in [1.165, 1.54) is 7.11 Å². The average molecular weight is 568 g/mol. The highest BCUT2D eigenvalue weighted by molar-refractivity contribution is 7.77. The van der Waals surface area contributed by atoms with Gasteiger partial charge in [0.2, 0.25) is 0 Å². The van der Waals surface area contributed by atoms with Crippen molar-refractivity contribution in [3.05, 3.63) is 73.9 Å². The summed E-state index contributed by atoms with van der Waals surface area (Å²) < 4.78 is 28.6. The first-order chi connectivity index (χ1) is 18.1. The maximum atomic E-state index is 13.5. The van der Waals surface area contributed by atoms with Crippen LogP contribution in [-0.2, 0) is 27.4 Å². The van der Waals surface area contributed by atoms with Gasteiger partial charge in [0.05, 0.1) is 37.2 Å². The highest BCUT2D eigenvalue weighted by Gasteiger charge is 2.23. The number of urea groups is 1. The van der Waals surface area contributed by atoms with Gasteiger partial charge < -0.3 is 19.1 Å². The van der Waals surface area contributed by atoms with Crippen molar-refractivity contribution in [2.45, 2.75) is 19.8 Å². The number of H-pyrrole nitrogens is 1. The second-order valence-electron chi connectivity index (χ2n) is 7.87. The molecule has 0 spiro atoms. The zero-order chi connectivity index (χ0) is 27.8. The number of aryl methyl sites for hydroxylation is 1. The molecule has 15 heteroatoms. The minimum absolute atomic E-state index is 0.0604. The number of aromatic amines is 1. The molecule has 1 aromatic heterocycles. The molecule has 2 aromatic carbocycles. The van der Waals surface area contributed by atoms with Crippen molar-refractivity contribution in [3.8, 4) is 5.75 Å². The monoisotopic (exact) mass is 567 g/mol. The molecular formula is C23H24ClN4O9S-. The molecule has 0 bridgehead atoms. The van der Waals surface area contributed by atoms with Crippen LogP contribution in [0.5, 0.6) is 5.75 Å². The number of amides is 2. The van der Waals surface area contributed by atoms with Gasteiger partial charge in [0, 0.05) is 40.1 Å². The van der Waals surface area contributed by atoms with Gasteiger partial charge >= 0.3 is 6.03 Å². The van der Waals surface area contributed by atoms with Crippen LogP contribution in [0.15, 0.2) is 36.4 Å². The Morgan fingerprint density at radius 3 is 2.53 bits per heavy atom. The summed E-state index contributed by atoms with van der Waals surface area (Å²) in [5, 5.41) is 10.3. The predicted octanol–water partition coefficient (Wildman–Crippen LogP) is 3.25. The molecule has 3 rings (SSSR count). The molecule has 13 nitrogen and oxygen atoms in total. The van der Waals surface area contributed by atoms with Crippen molar-refractivity contribution in [1.82, 2.24) is 14.8 Å². The lowest BCUT2D eigenvalue weighted by Crippen LogP contribution is -2.42. The minimum Gasteiger partial charge on any atom is -0.755 e. The molecule has 38 heavy (non-hydrogen) atoms. The van der Waals surface area contributed by atoms with E-state index in [-0.39, 0.29) is 38.4 Å². The van der Waals surface area contributed by atoms with Gasteiger partial charge in [-0.3, -0.25) is 18.1 Å². The first-order valence-electron chi connectivity index (χ1n) is 11.2. The van der Waals surface area contributed by atoms with Crippen molar-refractivity contribution < 1.29 is 37.8 Å². The number of rotatable bonds is 13. The molecule has 204 valence electrons. The molecule has 0 fully saturated rings. The van der Waals surface area contributed by atoms with Gasteiger partial charge in [0.25, 0.3) is 5.09 Å². The number of methoxy groups -OCH3 is 1. The Balaban J connectivity index is 1.74. The zero-order valence-corrected chi connectivity index (χ0v) is 21.9. The van der Waals surface area contributed by atoms with Crippen LogP contribution < -0.4 is 10.2 Å². The van der Waals surface area contributed by atoms with E-state index in [1.54, 1.807) is 36.4 Å². The van der Waals surface area contributed by atoms with E-state index in [4.69, 9.17) is 21.2 Å². The van der Waals surface area contributed by atoms with Gasteiger partial charge in [0.15, 0.2) is 5.78 Å². The third-order valence-electron chi connectivity index (χ3n) is 5.52. The van der Waals surface area contributed by atoms with Crippen LogP contribution in [0, 0.1) is 17.0 Å². The number of hydrogen-bond donors (Lipinski definition) is 2. The third-order valence-corrected chi connectivity index (χ3v) is 6.48. The van der Waals surface area contributed by atoms with Crippen LogP contribution >= 0.6 is 11.6 Å². The number of aromatic nitrogens is 1. The number of halogens is 1. The van der Waals surface area contributed by atoms with Gasteiger partial charge in [-0.05, 0) is 55.3 Å². The summed E-state index contributed by atoms with van der Waals surface area (Å²) in [6, 6.07) is 8.89. The molecule has 1 atom stereocenters. The molecule has 2 N–H and O–H groups in total. The molecule has 3 aromatic rings. The van der Waals surface area contributed by atoms with Crippen LogP contribution in [0.4, 0.5) is 4.79 Å². The summed E-state index contributed by atoms with van der Waals surface area (Å²) in [4.78, 5) is 48.4. The van der Waals surface area contributed by atoms with E-state index in [0.29, 0.717) is 37.1 Å². The van der Waals surface area contributed by atoms with E-state index in [9.17, 15) is 28.5 Å². The second-order valence-corrected chi connectivity index (χ2v) is 9.18. The van der Waals surface area contributed by atoms with E-state index in [2.05, 4.69) is 9.82 Å². The number of nitrogens with zero attached hydrogens (tertiary/aromatic N) is 2. The number of nitrogens with one attached hydrogen (secondary N) is 2. The topological polar surface area (TPSA) is 176 Å². The normalized spacial score (nSPS) is 11.7. The van der Waals surface area contributed by atoms with Crippen LogP contribution in [-0.4, -0.2) is 61.8 Å². The van der Waals surface area contributed by atoms with E-state index in [0.717, 1.165) is 11.3 Å². The Hall–Kier alpha value is -3.72. The molecule has 2 amide bonds. The Bertz CT molecular complexity index is 1350. The first kappa shape index (κ1) is 28.8. The SMILES string of the molecule is COc1ccc2[nH]c(C)c(CCONC(=O)N(CCCO[N+](=O)[O-])S(=O)[O-])c2c1C(=O)c1ccc(Cl)cc1. The molecule has 1 unspecified atom stereocenters. The van der Waals surface area contributed by atoms with Crippen molar-refractivity contribution in [2.75, 3.05) is 26.9 Å². The molecule has 1 heterocycles. The maximum Gasteiger partial charge on any atom is 0.352 e. The Morgan fingerprint density at radius 2 is 1.89 bits per heavy atom. The fraction of sp³-hybridized carbons (Fsp3) is 0.304. The van der Waals surface area contributed by atoms with Crippen LogP contribution in [0.1, 0.15) is 33.6 Å². The van der Waals surface area contributed by atoms with Crippen LogP contribution in [0.3, 0.4) is 0 Å². The number of ether oxygens (including phenoxy) is 1. The Morgan fingerprint density at radius 1 is 1.18 bits per heavy atom. The number of carbonyl (C=O) groups is 2. The standard InChI is InChI=1S/C23H25ClN4O9S/c1-14-17(10-13-36-26-23(30)27(38(33)34)11-3-12-37-28(31)32)20-18(25-14)8-9-19(35-2)21(20)22(29)15-4-6-16(24)7-5-15/h4-9,25H,3,10-13H2,1-2H3,(H,26,30)(H,33,34)/p-1. The van der Waals surface area contributed by atoms with Gasteiger partial charge in [-0.15, -0.1) is 10.1 Å². The quantitative estimate of drug-likeness (QED) is 0.103. The smallest absolute Gasteiger partial charge is 0.352 e. The molecule has 0 aliphatic carbocycles. The van der Waals surface area contributed by atoms with Gasteiger partial charge in [0.1, 0.15) is 5.75 Å². The largest absolute Gasteiger partial charge is 0.755 e. The third kappa shape index (κ3) is 6.98. The molecule has 0 saturated heterocycles. The molecule has 0 radical (unpaired) electrons. The second kappa shape index (κ2) is 13.2. The minimum atomic E-state index is -2.94. The van der Waals surface area contributed by atoms with Crippen molar-refractivity contribution >= 4 is 45.6 Å². The predicted molar refractivity (Wildman–Crippen MR) is 136 cm³/mol. The van der Waals surface area contributed by atoms with Crippen molar-refractivity contribution in [2.24, 2.45) is 0 Å². The van der Waals surface area contributed by atoms with Crippen molar-refractivity contribution in [3.63, 3.8) is 0 Å². The summed E-state index contributed by atoms with van der Waals surface area (Å²) >= 11 is 3.03.